The molecule has 0 spiro atoms. The summed E-state index contributed by atoms with van der Waals surface area (Å²) in [4.78, 5) is 17.5. The van der Waals surface area contributed by atoms with E-state index in [-0.39, 0.29) is 40.4 Å². The topological polar surface area (TPSA) is 117 Å². The molecule has 4 N–H and O–H groups in total. The Morgan fingerprint density at radius 1 is 1.15 bits per heavy atom. The maximum atomic E-state index is 15.1. The molecule has 1 unspecified atom stereocenters. The number of hydrogen-bond acceptors (Lipinski definition) is 6. The fourth-order valence-electron chi connectivity index (χ4n) is 5.58. The van der Waals surface area contributed by atoms with E-state index < -0.39 is 33.8 Å². The lowest BCUT2D eigenvalue weighted by atomic mass is 9.82. The van der Waals surface area contributed by atoms with Gasteiger partial charge in [-0.2, -0.15) is 4.31 Å². The summed E-state index contributed by atoms with van der Waals surface area (Å²) in [6, 6.07) is 13.9. The number of amides is 1. The highest BCUT2D eigenvalue weighted by Crippen LogP contribution is 2.30. The van der Waals surface area contributed by atoms with Crippen molar-refractivity contribution >= 4 is 33.2 Å². The number of nitrogens with one attached hydrogen (secondary N) is 2. The summed E-state index contributed by atoms with van der Waals surface area (Å²) in [5.41, 5.74) is 7.81. The van der Waals surface area contributed by atoms with Crippen molar-refractivity contribution in [3.63, 3.8) is 0 Å². The number of piperazine rings is 1. The third-order valence-corrected chi connectivity index (χ3v) is 9.92. The first-order chi connectivity index (χ1) is 19.5. The Bertz CT molecular complexity index is 1440. The molecular formula is C30H37ClFN5O3S. The zero-order valence-corrected chi connectivity index (χ0v) is 25.0. The molecule has 0 radical (unpaired) electrons. The van der Waals surface area contributed by atoms with Crippen LogP contribution in [0.15, 0.2) is 71.9 Å². The minimum atomic E-state index is -3.77. The van der Waals surface area contributed by atoms with Gasteiger partial charge in [0.1, 0.15) is 5.82 Å². The van der Waals surface area contributed by atoms with E-state index in [4.69, 9.17) is 17.3 Å². The normalized spacial score (nSPS) is 19.6. The van der Waals surface area contributed by atoms with Gasteiger partial charge in [-0.1, -0.05) is 55.8 Å². The highest BCUT2D eigenvalue weighted by atomic mass is 35.5. The van der Waals surface area contributed by atoms with E-state index in [9.17, 15) is 13.2 Å². The van der Waals surface area contributed by atoms with Gasteiger partial charge in [-0.15, -0.1) is 0 Å². The number of aromatic nitrogens is 1. The van der Waals surface area contributed by atoms with Crippen molar-refractivity contribution < 1.29 is 17.6 Å². The van der Waals surface area contributed by atoms with Gasteiger partial charge in [-0.05, 0) is 55.5 Å². The molecule has 8 nitrogen and oxygen atoms in total. The molecular weight excluding hydrogens is 565 g/mol. The molecule has 2 aromatic carbocycles. The molecule has 220 valence electrons. The highest BCUT2D eigenvalue weighted by Gasteiger charge is 2.38. The van der Waals surface area contributed by atoms with Crippen molar-refractivity contribution in [2.24, 2.45) is 11.7 Å². The molecule has 0 saturated carbocycles. The smallest absolute Gasteiger partial charge is 0.243 e. The summed E-state index contributed by atoms with van der Waals surface area (Å²) < 4.78 is 43.8. The average Bonchev–Trinajstić information content (AvgIpc) is 2.94. The van der Waals surface area contributed by atoms with Crippen molar-refractivity contribution in [1.82, 2.24) is 14.6 Å². The second-order valence-corrected chi connectivity index (χ2v) is 13.1. The molecule has 0 aliphatic carbocycles. The maximum absolute atomic E-state index is 15.1. The predicted molar refractivity (Wildman–Crippen MR) is 160 cm³/mol. The van der Waals surface area contributed by atoms with Crippen LogP contribution in [-0.2, 0) is 21.2 Å². The lowest BCUT2D eigenvalue weighted by molar-refractivity contribution is -0.118. The molecule has 3 aromatic rings. The zero-order chi connectivity index (χ0) is 29.7. The molecule has 1 aliphatic heterocycles. The molecule has 2 heterocycles. The predicted octanol–water partition coefficient (Wildman–Crippen LogP) is 4.56. The maximum Gasteiger partial charge on any atom is 0.243 e. The summed E-state index contributed by atoms with van der Waals surface area (Å²) in [5.74, 6) is -1.30. The second-order valence-electron chi connectivity index (χ2n) is 10.8. The molecule has 1 saturated heterocycles. The Hall–Kier alpha value is -2.89. The Balaban J connectivity index is 1.54. The van der Waals surface area contributed by atoms with Crippen molar-refractivity contribution in [1.29, 1.82) is 0 Å². The van der Waals surface area contributed by atoms with E-state index in [1.165, 1.54) is 10.5 Å². The van der Waals surface area contributed by atoms with Crippen LogP contribution in [0, 0.1) is 11.7 Å². The standard InChI is InChI=1S/C30H37ClFN5O3S/c1-19(2)28(21-9-11-22(31)12-10-21)29(33)30(38)36-27-18-35-17-26(32)25(27)14-13-23-16-34-15-20(3)37(23)41(39,40)24-7-5-4-6-8-24/h4-12,17-20,23,28-29,34H,13-16,33H2,1-3H3,(H,36,38)/t20-,23-,28?,29-/m0/s1. The zero-order valence-electron chi connectivity index (χ0n) is 23.4. The number of pyridine rings is 1. The van der Waals surface area contributed by atoms with Gasteiger partial charge in [0.2, 0.25) is 15.9 Å². The SMILES string of the molecule is CC(C)C(c1ccc(Cl)cc1)[C@H](N)C(=O)Nc1cncc(F)c1CC[C@H]1CNC[C@H](C)N1S(=O)(=O)c1ccccc1. The Morgan fingerprint density at radius 3 is 2.49 bits per heavy atom. The van der Waals surface area contributed by atoms with Gasteiger partial charge in [-0.3, -0.25) is 9.78 Å². The van der Waals surface area contributed by atoms with Crippen LogP contribution in [0.2, 0.25) is 5.02 Å². The van der Waals surface area contributed by atoms with Gasteiger partial charge >= 0.3 is 0 Å². The number of rotatable bonds is 10. The van der Waals surface area contributed by atoms with Gasteiger partial charge in [0, 0.05) is 41.7 Å². The summed E-state index contributed by atoms with van der Waals surface area (Å²) >= 11 is 6.04. The lowest BCUT2D eigenvalue weighted by Crippen LogP contribution is -2.58. The molecule has 11 heteroatoms. The molecule has 1 amide bonds. The second kappa shape index (κ2) is 13.4. The molecule has 0 bridgehead atoms. The van der Waals surface area contributed by atoms with Crippen LogP contribution in [0.4, 0.5) is 10.1 Å². The third-order valence-electron chi connectivity index (χ3n) is 7.59. The van der Waals surface area contributed by atoms with E-state index in [2.05, 4.69) is 15.6 Å². The first-order valence-corrected chi connectivity index (χ1v) is 15.6. The number of nitrogens with two attached hydrogens (primary N) is 1. The number of benzene rings is 2. The van der Waals surface area contributed by atoms with Gasteiger partial charge in [0.15, 0.2) is 0 Å². The minimum absolute atomic E-state index is 0.0420. The van der Waals surface area contributed by atoms with E-state index in [1.54, 1.807) is 42.5 Å². The third kappa shape index (κ3) is 7.13. The first-order valence-electron chi connectivity index (χ1n) is 13.7. The van der Waals surface area contributed by atoms with Crippen LogP contribution in [-0.4, -0.2) is 54.8 Å². The quantitative estimate of drug-likeness (QED) is 0.314. The van der Waals surface area contributed by atoms with Crippen LogP contribution in [0.1, 0.15) is 44.2 Å². The van der Waals surface area contributed by atoms with Crippen LogP contribution in [0.25, 0.3) is 0 Å². The minimum Gasteiger partial charge on any atom is -0.323 e. The fraction of sp³-hybridized carbons (Fsp3) is 0.400. The molecule has 4 atom stereocenters. The van der Waals surface area contributed by atoms with E-state index in [0.717, 1.165) is 11.8 Å². The van der Waals surface area contributed by atoms with Crippen molar-refractivity contribution in [2.75, 3.05) is 18.4 Å². The van der Waals surface area contributed by atoms with Gasteiger partial charge in [-0.25, -0.2) is 12.8 Å². The molecule has 1 aromatic heterocycles. The average molecular weight is 602 g/mol. The number of sulfonamides is 1. The van der Waals surface area contributed by atoms with Gasteiger partial charge in [0.05, 0.1) is 29.0 Å². The molecule has 1 aliphatic rings. The van der Waals surface area contributed by atoms with E-state index in [0.29, 0.717) is 24.5 Å². The van der Waals surface area contributed by atoms with Gasteiger partial charge in [0.25, 0.3) is 0 Å². The van der Waals surface area contributed by atoms with Crippen molar-refractivity contribution in [2.45, 2.75) is 62.6 Å². The molecule has 1 fully saturated rings. The van der Waals surface area contributed by atoms with Crippen LogP contribution >= 0.6 is 11.6 Å². The largest absolute Gasteiger partial charge is 0.323 e. The van der Waals surface area contributed by atoms with Crippen LogP contribution in [0.5, 0.6) is 0 Å². The number of nitrogens with zero attached hydrogens (tertiary/aromatic N) is 2. The number of anilines is 1. The summed E-state index contributed by atoms with van der Waals surface area (Å²) in [6.07, 6.45) is 3.01. The monoisotopic (exact) mass is 601 g/mol. The van der Waals surface area contributed by atoms with Crippen LogP contribution in [0.3, 0.4) is 0 Å². The molecule has 4 rings (SSSR count). The van der Waals surface area contributed by atoms with Crippen molar-refractivity contribution in [3.05, 3.63) is 89.0 Å². The number of hydrogen-bond donors (Lipinski definition) is 3. The Morgan fingerprint density at radius 2 is 1.83 bits per heavy atom. The number of carbonyl (C=O) groups is 1. The fourth-order valence-corrected chi connectivity index (χ4v) is 7.57. The van der Waals surface area contributed by atoms with E-state index >= 15 is 4.39 Å². The first kappa shape index (κ1) is 31.1. The van der Waals surface area contributed by atoms with Crippen LogP contribution < -0.4 is 16.4 Å². The van der Waals surface area contributed by atoms with E-state index in [1.807, 2.05) is 32.9 Å². The summed E-state index contributed by atoms with van der Waals surface area (Å²) in [5, 5.41) is 6.66. The number of carbonyl (C=O) groups excluding carboxylic acids is 1. The summed E-state index contributed by atoms with van der Waals surface area (Å²) in [6.45, 7) is 6.75. The lowest BCUT2D eigenvalue weighted by Gasteiger charge is -2.40. The Labute approximate surface area is 246 Å². The van der Waals surface area contributed by atoms with Crippen molar-refractivity contribution in [3.8, 4) is 0 Å². The number of halogens is 2. The summed E-state index contributed by atoms with van der Waals surface area (Å²) in [7, 11) is -3.77. The molecule has 41 heavy (non-hydrogen) atoms. The highest BCUT2D eigenvalue weighted by molar-refractivity contribution is 7.89. The van der Waals surface area contributed by atoms with Gasteiger partial charge < -0.3 is 16.4 Å². The Kier molecular flexibility index (Phi) is 10.1.